The Morgan fingerprint density at radius 2 is 1.85 bits per heavy atom. The van der Waals surface area contributed by atoms with E-state index in [0.29, 0.717) is 30.3 Å². The number of hydrogen-bond acceptors (Lipinski definition) is 4. The first-order chi connectivity index (χ1) is 12.9. The summed E-state index contributed by atoms with van der Waals surface area (Å²) in [7, 11) is -3.67. The summed E-state index contributed by atoms with van der Waals surface area (Å²) in [6.07, 6.45) is -0.205. The molecule has 1 N–H and O–H groups in total. The standard InChI is InChI=1S/C19H21ClN2O4S/c20-17-9-5-4-8-16(17)14-27(24,25)21-12-19(23)22-10-11-26-18(13-22)15-6-2-1-3-7-15/h1-9,18,21H,10-14H2/t18-/m0/s1. The van der Waals surface area contributed by atoms with Crippen molar-refractivity contribution < 1.29 is 17.9 Å². The molecular weight excluding hydrogens is 388 g/mol. The van der Waals surface area contributed by atoms with E-state index < -0.39 is 10.0 Å². The van der Waals surface area contributed by atoms with Crippen molar-refractivity contribution in [2.24, 2.45) is 0 Å². The van der Waals surface area contributed by atoms with Gasteiger partial charge in [-0.2, -0.15) is 0 Å². The number of benzene rings is 2. The van der Waals surface area contributed by atoms with Crippen LogP contribution in [0.15, 0.2) is 54.6 Å². The third-order valence-corrected chi connectivity index (χ3v) is 5.98. The molecule has 1 heterocycles. The Labute approximate surface area is 164 Å². The molecule has 0 aromatic heterocycles. The molecule has 0 aliphatic carbocycles. The summed E-state index contributed by atoms with van der Waals surface area (Å²) in [5.41, 5.74) is 1.49. The van der Waals surface area contributed by atoms with Gasteiger partial charge in [0.1, 0.15) is 6.10 Å². The smallest absolute Gasteiger partial charge is 0.237 e. The lowest BCUT2D eigenvalue weighted by atomic mass is 10.1. The number of carbonyl (C=O) groups is 1. The second-order valence-electron chi connectivity index (χ2n) is 6.28. The number of carbonyl (C=O) groups excluding carboxylic acids is 1. The average molecular weight is 409 g/mol. The molecule has 1 fully saturated rings. The molecule has 0 bridgehead atoms. The van der Waals surface area contributed by atoms with Crippen molar-refractivity contribution in [3.63, 3.8) is 0 Å². The van der Waals surface area contributed by atoms with E-state index in [1.54, 1.807) is 29.2 Å². The molecule has 6 nitrogen and oxygen atoms in total. The maximum Gasteiger partial charge on any atom is 0.237 e. The summed E-state index contributed by atoms with van der Waals surface area (Å²) >= 11 is 6.01. The number of amides is 1. The van der Waals surface area contributed by atoms with E-state index in [0.717, 1.165) is 5.56 Å². The van der Waals surface area contributed by atoms with Crippen LogP contribution in [0.4, 0.5) is 0 Å². The molecule has 1 amide bonds. The van der Waals surface area contributed by atoms with E-state index in [4.69, 9.17) is 16.3 Å². The summed E-state index contributed by atoms with van der Waals surface area (Å²) in [6.45, 7) is 0.968. The number of ether oxygens (including phenoxy) is 1. The van der Waals surface area contributed by atoms with Crippen molar-refractivity contribution in [1.82, 2.24) is 9.62 Å². The lowest BCUT2D eigenvalue weighted by molar-refractivity contribution is -0.137. The Hall–Kier alpha value is -1.93. The first-order valence-electron chi connectivity index (χ1n) is 8.60. The van der Waals surface area contributed by atoms with Crippen molar-refractivity contribution >= 4 is 27.5 Å². The minimum Gasteiger partial charge on any atom is -0.370 e. The van der Waals surface area contributed by atoms with Crippen LogP contribution in [-0.4, -0.2) is 45.5 Å². The molecule has 2 aromatic rings. The monoisotopic (exact) mass is 408 g/mol. The van der Waals surface area contributed by atoms with Crippen molar-refractivity contribution in [2.75, 3.05) is 26.2 Å². The number of hydrogen-bond donors (Lipinski definition) is 1. The molecule has 0 unspecified atom stereocenters. The van der Waals surface area contributed by atoms with Gasteiger partial charge in [-0.25, -0.2) is 13.1 Å². The fraction of sp³-hybridized carbons (Fsp3) is 0.316. The van der Waals surface area contributed by atoms with Crippen LogP contribution in [-0.2, 0) is 25.3 Å². The Balaban J connectivity index is 1.56. The zero-order valence-electron chi connectivity index (χ0n) is 14.7. The molecule has 1 saturated heterocycles. The normalized spacial score (nSPS) is 17.7. The Morgan fingerprint density at radius 1 is 1.15 bits per heavy atom. The number of nitrogens with zero attached hydrogens (tertiary/aromatic N) is 1. The van der Waals surface area contributed by atoms with Crippen molar-refractivity contribution in [1.29, 1.82) is 0 Å². The van der Waals surface area contributed by atoms with E-state index in [-0.39, 0.29) is 24.3 Å². The maximum atomic E-state index is 12.5. The number of sulfonamides is 1. The van der Waals surface area contributed by atoms with E-state index in [1.807, 2.05) is 30.3 Å². The molecule has 3 rings (SSSR count). The van der Waals surface area contributed by atoms with E-state index >= 15 is 0 Å². The Kier molecular flexibility index (Phi) is 6.49. The zero-order valence-corrected chi connectivity index (χ0v) is 16.2. The molecule has 27 heavy (non-hydrogen) atoms. The van der Waals surface area contributed by atoms with Crippen LogP contribution in [0.25, 0.3) is 0 Å². The molecular formula is C19H21ClN2O4S. The lowest BCUT2D eigenvalue weighted by Crippen LogP contribution is -2.46. The summed E-state index contributed by atoms with van der Waals surface area (Å²) in [4.78, 5) is 14.1. The molecule has 8 heteroatoms. The summed E-state index contributed by atoms with van der Waals surface area (Å²) in [6, 6.07) is 16.4. The average Bonchev–Trinajstić information content (AvgIpc) is 2.69. The fourth-order valence-electron chi connectivity index (χ4n) is 2.90. The van der Waals surface area contributed by atoms with Crippen LogP contribution in [0, 0.1) is 0 Å². The summed E-state index contributed by atoms with van der Waals surface area (Å²) < 4.78 is 32.6. The van der Waals surface area contributed by atoms with Gasteiger partial charge in [-0.1, -0.05) is 60.1 Å². The van der Waals surface area contributed by atoms with Gasteiger partial charge in [-0.05, 0) is 17.2 Å². The second-order valence-corrected chi connectivity index (χ2v) is 8.50. The molecule has 2 aromatic carbocycles. The zero-order chi connectivity index (χ0) is 19.3. The van der Waals surface area contributed by atoms with E-state index in [2.05, 4.69) is 4.72 Å². The molecule has 0 spiro atoms. The third kappa shape index (κ3) is 5.52. The Bertz CT molecular complexity index is 890. The second kappa shape index (κ2) is 8.84. The maximum absolute atomic E-state index is 12.5. The molecule has 1 aliphatic rings. The van der Waals surface area contributed by atoms with Crippen molar-refractivity contribution in [2.45, 2.75) is 11.9 Å². The fourth-order valence-corrected chi connectivity index (χ4v) is 4.29. The number of morpholine rings is 1. The highest BCUT2D eigenvalue weighted by Gasteiger charge is 2.26. The lowest BCUT2D eigenvalue weighted by Gasteiger charge is -2.33. The van der Waals surface area contributed by atoms with Gasteiger partial charge in [0.2, 0.25) is 15.9 Å². The quantitative estimate of drug-likeness (QED) is 0.796. The highest BCUT2D eigenvalue weighted by atomic mass is 35.5. The topological polar surface area (TPSA) is 75.7 Å². The summed E-state index contributed by atoms with van der Waals surface area (Å²) in [5, 5.41) is 0.382. The summed E-state index contributed by atoms with van der Waals surface area (Å²) in [5.74, 6) is -0.544. The van der Waals surface area contributed by atoms with E-state index in [1.165, 1.54) is 0 Å². The molecule has 0 radical (unpaired) electrons. The molecule has 1 aliphatic heterocycles. The van der Waals surface area contributed by atoms with Crippen LogP contribution in [0.2, 0.25) is 5.02 Å². The van der Waals surface area contributed by atoms with Gasteiger partial charge < -0.3 is 9.64 Å². The van der Waals surface area contributed by atoms with Gasteiger partial charge >= 0.3 is 0 Å². The van der Waals surface area contributed by atoms with Crippen LogP contribution in [0.3, 0.4) is 0 Å². The van der Waals surface area contributed by atoms with Crippen molar-refractivity contribution in [3.05, 3.63) is 70.7 Å². The van der Waals surface area contributed by atoms with Crippen molar-refractivity contribution in [3.8, 4) is 0 Å². The third-order valence-electron chi connectivity index (χ3n) is 4.34. The first-order valence-corrected chi connectivity index (χ1v) is 10.6. The first kappa shape index (κ1) is 19.8. The minimum absolute atomic E-state index is 0.205. The van der Waals surface area contributed by atoms with Gasteiger partial charge in [0.05, 0.1) is 25.4 Å². The largest absolute Gasteiger partial charge is 0.370 e. The SMILES string of the molecule is O=C(CNS(=O)(=O)Cc1ccccc1Cl)N1CCO[C@H](c2ccccc2)C1. The van der Waals surface area contributed by atoms with Gasteiger partial charge in [0.15, 0.2) is 0 Å². The van der Waals surface area contributed by atoms with Gasteiger partial charge in [0.25, 0.3) is 0 Å². The molecule has 0 saturated carbocycles. The highest BCUT2D eigenvalue weighted by molar-refractivity contribution is 7.88. The van der Waals surface area contributed by atoms with E-state index in [9.17, 15) is 13.2 Å². The molecule has 144 valence electrons. The Morgan fingerprint density at radius 3 is 2.59 bits per heavy atom. The molecule has 1 atom stereocenters. The van der Waals surface area contributed by atoms with Crippen LogP contribution < -0.4 is 4.72 Å². The van der Waals surface area contributed by atoms with Gasteiger partial charge in [-0.3, -0.25) is 4.79 Å². The number of halogens is 1. The van der Waals surface area contributed by atoms with Crippen LogP contribution in [0.5, 0.6) is 0 Å². The van der Waals surface area contributed by atoms with Gasteiger partial charge in [0, 0.05) is 11.6 Å². The number of rotatable bonds is 6. The van der Waals surface area contributed by atoms with Gasteiger partial charge in [-0.15, -0.1) is 0 Å². The predicted octanol–water partition coefficient (Wildman–Crippen LogP) is 2.36. The predicted molar refractivity (Wildman–Crippen MR) is 104 cm³/mol. The van der Waals surface area contributed by atoms with Crippen LogP contribution in [0.1, 0.15) is 17.2 Å². The minimum atomic E-state index is -3.67. The van der Waals surface area contributed by atoms with Crippen LogP contribution >= 0.6 is 11.6 Å². The highest BCUT2D eigenvalue weighted by Crippen LogP contribution is 2.22. The number of nitrogens with one attached hydrogen (secondary N) is 1.